The predicted octanol–water partition coefficient (Wildman–Crippen LogP) is 4.50. The first-order valence-electron chi connectivity index (χ1n) is 11.0. The lowest BCUT2D eigenvalue weighted by Gasteiger charge is -2.37. The fraction of sp³-hybridized carbons (Fsp3) is 0.714. The van der Waals surface area contributed by atoms with Gasteiger partial charge in [-0.25, -0.2) is 14.6 Å². The molecule has 0 spiro atoms. The first-order chi connectivity index (χ1) is 15.2. The second kappa shape index (κ2) is 14.4. The van der Waals surface area contributed by atoms with Gasteiger partial charge >= 0.3 is 12.1 Å². The third-order valence-electron chi connectivity index (χ3n) is 5.68. The second-order valence-corrected chi connectivity index (χ2v) is 10.1. The van der Waals surface area contributed by atoms with Crippen molar-refractivity contribution < 1.29 is 19.5 Å². The largest absolute Gasteiger partial charge is 0.400 e. The summed E-state index contributed by atoms with van der Waals surface area (Å²) in [6.07, 6.45) is 14.1. The Morgan fingerprint density at radius 2 is 1.81 bits per heavy atom. The molecule has 1 aromatic rings. The van der Waals surface area contributed by atoms with Gasteiger partial charge in [0, 0.05) is 19.7 Å². The van der Waals surface area contributed by atoms with E-state index in [2.05, 4.69) is 15.6 Å². The van der Waals surface area contributed by atoms with E-state index in [0.717, 1.165) is 49.8 Å². The fourth-order valence-corrected chi connectivity index (χ4v) is 5.82. The summed E-state index contributed by atoms with van der Waals surface area (Å²) in [5, 5.41) is 12.6. The first-order valence-corrected chi connectivity index (χ1v) is 12.8. The van der Waals surface area contributed by atoms with Crippen LogP contribution in [0, 0.1) is 5.92 Å². The van der Waals surface area contributed by atoms with Crippen LogP contribution in [0.25, 0.3) is 0 Å². The van der Waals surface area contributed by atoms with Gasteiger partial charge in [0.15, 0.2) is 5.13 Å². The molecule has 2 aliphatic rings. The Bertz CT molecular complexity index is 689. The van der Waals surface area contributed by atoms with Crippen LogP contribution in [0.3, 0.4) is 0 Å². The zero-order chi connectivity index (χ0) is 22.5. The molecule has 174 valence electrons. The number of rotatable bonds is 7. The summed E-state index contributed by atoms with van der Waals surface area (Å²) in [6.45, 7) is 0.744. The molecule has 8 nitrogen and oxygen atoms in total. The van der Waals surface area contributed by atoms with E-state index in [1.54, 1.807) is 6.20 Å². The van der Waals surface area contributed by atoms with E-state index < -0.39 is 6.03 Å². The van der Waals surface area contributed by atoms with E-state index in [1.807, 2.05) is 4.90 Å². The number of nitrogens with zero attached hydrogens (tertiary/aromatic N) is 2. The Kier molecular flexibility index (Phi) is 11.9. The van der Waals surface area contributed by atoms with Crippen molar-refractivity contribution >= 4 is 46.6 Å². The Balaban J connectivity index is 0.00000166. The van der Waals surface area contributed by atoms with Crippen molar-refractivity contribution in [1.82, 2.24) is 15.2 Å². The van der Waals surface area contributed by atoms with Gasteiger partial charge in [0.25, 0.3) is 0 Å². The SMILES string of the molecule is CO.O=CCSc1cnc(NC(=O)NC(=O)N(CC2CCCCC2)C2CCCCC2)s1. The highest BCUT2D eigenvalue weighted by Crippen LogP contribution is 2.29. The number of thiazole rings is 1. The Labute approximate surface area is 192 Å². The minimum atomic E-state index is -0.555. The number of hydrogen-bond donors (Lipinski definition) is 3. The van der Waals surface area contributed by atoms with Crippen molar-refractivity contribution in [3.05, 3.63) is 6.20 Å². The summed E-state index contributed by atoms with van der Waals surface area (Å²) >= 11 is 2.66. The van der Waals surface area contributed by atoms with Gasteiger partial charge in [-0.05, 0) is 31.6 Å². The summed E-state index contributed by atoms with van der Waals surface area (Å²) in [5.74, 6) is 0.889. The number of carbonyl (C=O) groups excluding carboxylic acids is 3. The van der Waals surface area contributed by atoms with Crippen LogP contribution in [0.2, 0.25) is 0 Å². The number of aliphatic hydroxyl groups excluding tert-OH is 1. The van der Waals surface area contributed by atoms with Crippen molar-refractivity contribution in [3.8, 4) is 0 Å². The Hall–Kier alpha value is -1.65. The molecule has 2 saturated carbocycles. The number of urea groups is 2. The highest BCUT2D eigenvalue weighted by molar-refractivity contribution is 8.01. The molecule has 4 amide bonds. The fourth-order valence-electron chi connectivity index (χ4n) is 4.24. The van der Waals surface area contributed by atoms with Gasteiger partial charge in [0.1, 0.15) is 6.29 Å². The number of aromatic nitrogens is 1. The molecular weight excluding hydrogens is 436 g/mol. The van der Waals surface area contributed by atoms with Crippen LogP contribution in [0.1, 0.15) is 64.2 Å². The predicted molar refractivity (Wildman–Crippen MR) is 125 cm³/mol. The number of aliphatic hydroxyl groups is 1. The van der Waals surface area contributed by atoms with Crippen LogP contribution in [-0.4, -0.2) is 58.8 Å². The number of hydrogen-bond acceptors (Lipinski definition) is 7. The average molecular weight is 471 g/mol. The number of aldehydes is 1. The molecule has 10 heteroatoms. The van der Waals surface area contributed by atoms with Gasteiger partial charge < -0.3 is 14.8 Å². The maximum absolute atomic E-state index is 13.0. The lowest BCUT2D eigenvalue weighted by Crippen LogP contribution is -2.51. The summed E-state index contributed by atoms with van der Waals surface area (Å²) < 4.78 is 0.847. The van der Waals surface area contributed by atoms with Gasteiger partial charge in [-0.1, -0.05) is 49.9 Å². The molecule has 0 aliphatic heterocycles. The number of thioether (sulfide) groups is 1. The molecule has 0 radical (unpaired) electrons. The van der Waals surface area contributed by atoms with Crippen LogP contribution in [0.5, 0.6) is 0 Å². The van der Waals surface area contributed by atoms with Crippen LogP contribution < -0.4 is 10.6 Å². The minimum Gasteiger partial charge on any atom is -0.400 e. The molecule has 31 heavy (non-hydrogen) atoms. The van der Waals surface area contributed by atoms with Gasteiger partial charge in [-0.3, -0.25) is 10.6 Å². The number of anilines is 1. The Morgan fingerprint density at radius 1 is 1.16 bits per heavy atom. The molecular formula is C21H34N4O4S2. The first kappa shape index (κ1) is 25.6. The zero-order valence-corrected chi connectivity index (χ0v) is 19.8. The van der Waals surface area contributed by atoms with Crippen molar-refractivity contribution in [2.45, 2.75) is 74.5 Å². The molecule has 2 aliphatic carbocycles. The van der Waals surface area contributed by atoms with Gasteiger partial charge in [-0.2, -0.15) is 0 Å². The van der Waals surface area contributed by atoms with E-state index in [9.17, 15) is 14.4 Å². The molecule has 0 saturated heterocycles. The van der Waals surface area contributed by atoms with E-state index in [0.29, 0.717) is 16.8 Å². The average Bonchev–Trinajstić information content (AvgIpc) is 3.25. The highest BCUT2D eigenvalue weighted by Gasteiger charge is 2.29. The highest BCUT2D eigenvalue weighted by atomic mass is 32.2. The number of imide groups is 1. The van der Waals surface area contributed by atoms with Crippen molar-refractivity contribution in [1.29, 1.82) is 0 Å². The van der Waals surface area contributed by atoms with Crippen LogP contribution in [0.15, 0.2) is 10.4 Å². The van der Waals surface area contributed by atoms with Crippen LogP contribution >= 0.6 is 23.1 Å². The van der Waals surface area contributed by atoms with E-state index in [-0.39, 0.29) is 12.1 Å². The van der Waals surface area contributed by atoms with Crippen LogP contribution in [0.4, 0.5) is 14.7 Å². The third kappa shape index (κ3) is 8.78. The number of carbonyl (C=O) groups is 3. The third-order valence-corrected chi connectivity index (χ3v) is 7.68. The Morgan fingerprint density at radius 3 is 2.45 bits per heavy atom. The lowest BCUT2D eigenvalue weighted by molar-refractivity contribution is -0.105. The molecule has 1 aromatic heterocycles. The van der Waals surface area contributed by atoms with Crippen LogP contribution in [-0.2, 0) is 4.79 Å². The molecule has 3 N–H and O–H groups in total. The standard InChI is InChI=1S/C20H30N4O3S2.CH4O/c25-11-12-28-17-13-21-19(29-17)22-18(26)23-20(27)24(16-9-5-2-6-10-16)14-15-7-3-1-4-8-15;1-2/h11,13,15-16H,1-10,12,14H2,(H2,21,22,23,26,27);2H,1H3. The molecule has 0 unspecified atom stereocenters. The van der Waals surface area contributed by atoms with Crippen molar-refractivity contribution in [2.24, 2.45) is 5.92 Å². The molecule has 3 rings (SSSR count). The summed E-state index contributed by atoms with van der Waals surface area (Å²) in [4.78, 5) is 41.8. The molecule has 0 bridgehead atoms. The second-order valence-electron chi connectivity index (χ2n) is 7.79. The van der Waals surface area contributed by atoms with Crippen molar-refractivity contribution in [3.63, 3.8) is 0 Å². The topological polar surface area (TPSA) is 112 Å². The maximum Gasteiger partial charge on any atom is 0.329 e. The summed E-state index contributed by atoms with van der Waals surface area (Å²) in [7, 11) is 1.00. The lowest BCUT2D eigenvalue weighted by atomic mass is 9.87. The van der Waals surface area contributed by atoms with E-state index in [1.165, 1.54) is 61.6 Å². The normalized spacial score (nSPS) is 17.2. The molecule has 0 aromatic carbocycles. The minimum absolute atomic E-state index is 0.227. The summed E-state index contributed by atoms with van der Waals surface area (Å²) in [5.41, 5.74) is 0. The van der Waals surface area contributed by atoms with Gasteiger partial charge in [0.2, 0.25) is 0 Å². The van der Waals surface area contributed by atoms with Gasteiger partial charge in [-0.15, -0.1) is 11.8 Å². The summed E-state index contributed by atoms with van der Waals surface area (Å²) in [6, 6.07) is -0.627. The van der Waals surface area contributed by atoms with Gasteiger partial charge in [0.05, 0.1) is 16.2 Å². The monoisotopic (exact) mass is 470 g/mol. The quantitative estimate of drug-likeness (QED) is 0.400. The maximum atomic E-state index is 13.0. The smallest absolute Gasteiger partial charge is 0.329 e. The molecule has 1 heterocycles. The van der Waals surface area contributed by atoms with E-state index in [4.69, 9.17) is 5.11 Å². The van der Waals surface area contributed by atoms with E-state index >= 15 is 0 Å². The molecule has 0 atom stereocenters. The zero-order valence-electron chi connectivity index (χ0n) is 18.2. The number of amides is 4. The van der Waals surface area contributed by atoms with Crippen molar-refractivity contribution in [2.75, 3.05) is 24.7 Å². The molecule has 2 fully saturated rings. The number of nitrogens with one attached hydrogen (secondary N) is 2.